The second kappa shape index (κ2) is 12.2. The number of imidazole rings is 1. The van der Waals surface area contributed by atoms with Crippen LogP contribution in [0.1, 0.15) is 16.7 Å². The number of rotatable bonds is 10. The number of halogens is 1. The molecule has 0 amide bonds. The molecule has 46 heavy (non-hydrogen) atoms. The SMILES string of the molecule is CS(=O)(=O)NCc1cc(F)cc(-c2cccc3[nH]c(-c4n[nH]c5cnc(-c6cncc(CNCc7ccccc7)c6)cc45)nc23)c1. The molecule has 7 rings (SSSR count). The van der Waals surface area contributed by atoms with E-state index in [0.29, 0.717) is 40.3 Å². The molecule has 0 aliphatic rings. The predicted molar refractivity (Wildman–Crippen MR) is 176 cm³/mol. The van der Waals surface area contributed by atoms with Crippen LogP contribution < -0.4 is 10.0 Å². The standard InChI is InChI=1S/C34H29FN8O2S/c1-46(44,45)39-18-22-10-24(13-26(35)12-22)27-8-5-9-29-32(27)41-34(40-29)33-28-14-30(38-20-31(28)42-43-33)25-11-23(17-37-19-25)16-36-15-21-6-3-2-4-7-21/h2-14,17,19-20,36,39H,15-16,18H2,1H3,(H,40,41)(H,42,43). The summed E-state index contributed by atoms with van der Waals surface area (Å²) in [5.74, 6) is 0.0673. The van der Waals surface area contributed by atoms with Crippen molar-refractivity contribution in [3.05, 3.63) is 120 Å². The van der Waals surface area contributed by atoms with Crippen molar-refractivity contribution in [1.82, 2.24) is 40.2 Å². The maximum Gasteiger partial charge on any atom is 0.209 e. The van der Waals surface area contributed by atoms with Crippen molar-refractivity contribution in [2.75, 3.05) is 6.26 Å². The van der Waals surface area contributed by atoms with Crippen LogP contribution in [0.3, 0.4) is 0 Å². The summed E-state index contributed by atoms with van der Waals surface area (Å²) >= 11 is 0. The van der Waals surface area contributed by atoms with Crippen LogP contribution in [0.2, 0.25) is 0 Å². The summed E-state index contributed by atoms with van der Waals surface area (Å²) in [4.78, 5) is 17.4. The second-order valence-corrected chi connectivity index (χ2v) is 12.9. The van der Waals surface area contributed by atoms with Gasteiger partial charge in [-0.25, -0.2) is 22.5 Å². The zero-order chi connectivity index (χ0) is 31.7. The van der Waals surface area contributed by atoms with Crippen LogP contribution in [0, 0.1) is 5.82 Å². The third-order valence-corrected chi connectivity index (χ3v) is 8.25. The van der Waals surface area contributed by atoms with E-state index in [1.165, 1.54) is 17.7 Å². The van der Waals surface area contributed by atoms with Gasteiger partial charge in [0.1, 0.15) is 11.5 Å². The van der Waals surface area contributed by atoms with E-state index in [2.05, 4.69) is 53.4 Å². The Morgan fingerprint density at radius 1 is 0.804 bits per heavy atom. The molecule has 0 bridgehead atoms. The van der Waals surface area contributed by atoms with Crippen molar-refractivity contribution < 1.29 is 12.8 Å². The van der Waals surface area contributed by atoms with Crippen molar-refractivity contribution in [3.63, 3.8) is 0 Å². The largest absolute Gasteiger partial charge is 0.337 e. The first-order chi connectivity index (χ1) is 22.3. The molecule has 12 heteroatoms. The topological polar surface area (TPSA) is 141 Å². The summed E-state index contributed by atoms with van der Waals surface area (Å²) in [7, 11) is -3.43. The number of H-pyrrole nitrogens is 2. The van der Waals surface area contributed by atoms with Gasteiger partial charge in [-0.2, -0.15) is 5.10 Å². The van der Waals surface area contributed by atoms with E-state index in [1.807, 2.05) is 48.7 Å². The molecule has 0 aliphatic carbocycles. The Morgan fingerprint density at radius 2 is 1.63 bits per heavy atom. The number of nitrogens with one attached hydrogen (secondary N) is 4. The van der Waals surface area contributed by atoms with E-state index < -0.39 is 15.8 Å². The fourth-order valence-corrected chi connectivity index (χ4v) is 5.85. The lowest BCUT2D eigenvalue weighted by atomic mass is 10.0. The number of nitrogens with zero attached hydrogens (tertiary/aromatic N) is 4. The summed E-state index contributed by atoms with van der Waals surface area (Å²) in [6.07, 6.45) is 6.45. The van der Waals surface area contributed by atoms with Gasteiger partial charge in [-0.15, -0.1) is 0 Å². The first-order valence-electron chi connectivity index (χ1n) is 14.6. The fraction of sp³-hybridized carbons (Fsp3) is 0.118. The van der Waals surface area contributed by atoms with E-state index in [1.54, 1.807) is 18.5 Å². The molecule has 0 unspecified atom stereocenters. The van der Waals surface area contributed by atoms with E-state index >= 15 is 0 Å². The average molecular weight is 633 g/mol. The average Bonchev–Trinajstić information content (AvgIpc) is 3.68. The zero-order valence-corrected chi connectivity index (χ0v) is 25.6. The van der Waals surface area contributed by atoms with Crippen molar-refractivity contribution in [2.45, 2.75) is 19.6 Å². The highest BCUT2D eigenvalue weighted by atomic mass is 32.2. The van der Waals surface area contributed by atoms with Crippen LogP contribution in [0.5, 0.6) is 0 Å². The lowest BCUT2D eigenvalue weighted by Crippen LogP contribution is -2.21. The molecule has 230 valence electrons. The van der Waals surface area contributed by atoms with Gasteiger partial charge in [0.25, 0.3) is 0 Å². The number of sulfonamides is 1. The van der Waals surface area contributed by atoms with Crippen LogP contribution in [-0.2, 0) is 29.7 Å². The van der Waals surface area contributed by atoms with Gasteiger partial charge in [0.15, 0.2) is 5.82 Å². The molecular weight excluding hydrogens is 603 g/mol. The van der Waals surface area contributed by atoms with E-state index in [9.17, 15) is 12.8 Å². The molecule has 0 saturated carbocycles. The smallest absolute Gasteiger partial charge is 0.209 e. The van der Waals surface area contributed by atoms with Gasteiger partial charge in [0.2, 0.25) is 10.0 Å². The molecule has 0 atom stereocenters. The van der Waals surface area contributed by atoms with Crippen molar-refractivity contribution in [3.8, 4) is 33.9 Å². The number of benzene rings is 3. The summed E-state index contributed by atoms with van der Waals surface area (Å²) in [6, 6.07) is 24.4. The van der Waals surface area contributed by atoms with Gasteiger partial charge in [0, 0.05) is 48.5 Å². The van der Waals surface area contributed by atoms with Gasteiger partial charge in [-0.05, 0) is 58.7 Å². The molecule has 0 spiro atoms. The Kier molecular flexibility index (Phi) is 7.83. The van der Waals surface area contributed by atoms with Crippen LogP contribution >= 0.6 is 0 Å². The Bertz CT molecular complexity index is 2300. The number of aromatic nitrogens is 6. The molecule has 0 aliphatic heterocycles. The summed E-state index contributed by atoms with van der Waals surface area (Å²) in [6.45, 7) is 1.40. The van der Waals surface area contributed by atoms with Gasteiger partial charge in [-0.1, -0.05) is 42.5 Å². The quantitative estimate of drug-likeness (QED) is 0.151. The molecule has 0 fully saturated rings. The molecule has 7 aromatic rings. The number of aromatic amines is 2. The molecule has 4 aromatic heterocycles. The molecule has 0 saturated heterocycles. The summed E-state index contributed by atoms with van der Waals surface area (Å²) in [5.41, 5.74) is 8.42. The maximum atomic E-state index is 14.6. The molecular formula is C34H29FN8O2S. The zero-order valence-electron chi connectivity index (χ0n) is 24.8. The minimum Gasteiger partial charge on any atom is -0.337 e. The lowest BCUT2D eigenvalue weighted by molar-refractivity contribution is 0.586. The Hall–Kier alpha value is -5.30. The number of hydrogen-bond acceptors (Lipinski definition) is 7. The van der Waals surface area contributed by atoms with Crippen LogP contribution in [0.25, 0.3) is 55.8 Å². The van der Waals surface area contributed by atoms with Crippen LogP contribution in [0.4, 0.5) is 4.39 Å². The predicted octanol–water partition coefficient (Wildman–Crippen LogP) is 5.71. The van der Waals surface area contributed by atoms with Crippen LogP contribution in [0.15, 0.2) is 97.5 Å². The number of pyridine rings is 2. The number of para-hydroxylation sites is 1. The first kappa shape index (κ1) is 29.4. The highest BCUT2D eigenvalue weighted by Gasteiger charge is 2.17. The molecule has 3 aromatic carbocycles. The Labute approximate surface area is 264 Å². The Balaban J connectivity index is 1.19. The van der Waals surface area contributed by atoms with Gasteiger partial charge < -0.3 is 10.3 Å². The monoisotopic (exact) mass is 632 g/mol. The van der Waals surface area contributed by atoms with E-state index in [4.69, 9.17) is 4.98 Å². The Morgan fingerprint density at radius 3 is 2.48 bits per heavy atom. The van der Waals surface area contributed by atoms with Gasteiger partial charge in [0.05, 0.1) is 34.7 Å². The molecule has 4 N–H and O–H groups in total. The lowest BCUT2D eigenvalue weighted by Gasteiger charge is -2.08. The fourth-order valence-electron chi connectivity index (χ4n) is 5.43. The van der Waals surface area contributed by atoms with Crippen LogP contribution in [-0.4, -0.2) is 44.8 Å². The van der Waals surface area contributed by atoms with Crippen molar-refractivity contribution in [1.29, 1.82) is 0 Å². The highest BCUT2D eigenvalue weighted by Crippen LogP contribution is 2.33. The van der Waals surface area contributed by atoms with Gasteiger partial charge in [-0.3, -0.25) is 15.1 Å². The molecule has 4 heterocycles. The van der Waals surface area contributed by atoms with E-state index in [0.717, 1.165) is 46.0 Å². The number of fused-ring (bicyclic) bond motifs is 2. The minimum absolute atomic E-state index is 0.0242. The number of hydrogen-bond donors (Lipinski definition) is 4. The normalized spacial score (nSPS) is 11.9. The maximum absolute atomic E-state index is 14.6. The second-order valence-electron chi connectivity index (χ2n) is 11.1. The summed E-state index contributed by atoms with van der Waals surface area (Å²) < 4.78 is 40.2. The van der Waals surface area contributed by atoms with Gasteiger partial charge >= 0.3 is 0 Å². The van der Waals surface area contributed by atoms with E-state index in [-0.39, 0.29) is 6.54 Å². The third-order valence-electron chi connectivity index (χ3n) is 7.58. The minimum atomic E-state index is -3.43. The molecule has 0 radical (unpaired) electrons. The highest BCUT2D eigenvalue weighted by molar-refractivity contribution is 7.88. The summed E-state index contributed by atoms with van der Waals surface area (Å²) in [5, 5.41) is 11.9. The van der Waals surface area contributed by atoms with Crippen molar-refractivity contribution >= 4 is 32.0 Å². The molecule has 10 nitrogen and oxygen atoms in total. The third kappa shape index (κ3) is 6.40. The first-order valence-corrected chi connectivity index (χ1v) is 16.4. The van der Waals surface area contributed by atoms with Crippen molar-refractivity contribution in [2.24, 2.45) is 0 Å².